The van der Waals surface area contributed by atoms with Crippen molar-refractivity contribution in [3.05, 3.63) is 42.9 Å². The molecular weight excluding hydrogens is 321 g/mol. The molecule has 10 heteroatoms. The predicted molar refractivity (Wildman–Crippen MR) is 66.9 cm³/mol. The van der Waals surface area contributed by atoms with Gasteiger partial charge < -0.3 is 4.74 Å². The van der Waals surface area contributed by atoms with Crippen molar-refractivity contribution >= 4 is 15.7 Å². The van der Waals surface area contributed by atoms with Crippen molar-refractivity contribution < 1.29 is 35.1 Å². The van der Waals surface area contributed by atoms with E-state index < -0.39 is 27.4 Å². The van der Waals surface area contributed by atoms with Crippen LogP contribution < -0.4 is 4.72 Å². The van der Waals surface area contributed by atoms with Crippen LogP contribution in [-0.2, 0) is 14.8 Å². The van der Waals surface area contributed by atoms with Gasteiger partial charge in [0.05, 0.1) is 0 Å². The van der Waals surface area contributed by atoms with E-state index in [9.17, 15) is 30.4 Å². The molecule has 0 amide bonds. The highest BCUT2D eigenvalue weighted by molar-refractivity contribution is 7.93. The van der Waals surface area contributed by atoms with E-state index in [1.807, 2.05) is 0 Å². The summed E-state index contributed by atoms with van der Waals surface area (Å²) in [5.74, 6) is 0. The van der Waals surface area contributed by atoms with Gasteiger partial charge in [0.25, 0.3) is 6.01 Å². The average Bonchev–Trinajstić information content (AvgIpc) is 2.27. The molecule has 0 aliphatic carbocycles. The van der Waals surface area contributed by atoms with Crippen molar-refractivity contribution in [1.82, 2.24) is 0 Å². The monoisotopic (exact) mass is 333 g/mol. The van der Waals surface area contributed by atoms with E-state index in [0.717, 1.165) is 12.1 Å². The van der Waals surface area contributed by atoms with E-state index in [1.54, 1.807) is 0 Å². The molecule has 0 unspecified atom stereocenters. The van der Waals surface area contributed by atoms with E-state index in [0.29, 0.717) is 0 Å². The summed E-state index contributed by atoms with van der Waals surface area (Å²) in [6.45, 7) is 2.20. The summed E-state index contributed by atoms with van der Waals surface area (Å²) in [5.41, 5.74) is -0.373. The van der Waals surface area contributed by atoms with E-state index in [-0.39, 0.29) is 13.1 Å². The summed E-state index contributed by atoms with van der Waals surface area (Å²) in [7, 11) is -5.88. The molecule has 1 aromatic rings. The number of hydrogen-bond acceptors (Lipinski definition) is 3. The van der Waals surface area contributed by atoms with Crippen LogP contribution in [0, 0.1) is 0 Å². The molecular formula is C11H12F5NO3S. The maximum Gasteiger partial charge on any atom is 0.484 e. The Morgan fingerprint density at radius 1 is 1.14 bits per heavy atom. The van der Waals surface area contributed by atoms with Crippen molar-refractivity contribution in [2.24, 2.45) is 0 Å². The Morgan fingerprint density at radius 3 is 2.05 bits per heavy atom. The van der Waals surface area contributed by atoms with Gasteiger partial charge in [-0.2, -0.15) is 30.4 Å². The molecule has 21 heavy (non-hydrogen) atoms. The van der Waals surface area contributed by atoms with Gasteiger partial charge in [0, 0.05) is 5.69 Å². The second kappa shape index (κ2) is 6.29. The van der Waals surface area contributed by atoms with Gasteiger partial charge in [-0.25, -0.2) is 0 Å². The molecule has 120 valence electrons. The van der Waals surface area contributed by atoms with E-state index in [1.165, 1.54) is 22.9 Å². The van der Waals surface area contributed by atoms with Crippen molar-refractivity contribution in [3.63, 3.8) is 0 Å². The number of ether oxygens (including phenoxy) is 1. The smallest absolute Gasteiger partial charge is 0.401 e. The van der Waals surface area contributed by atoms with Crippen LogP contribution in [0.3, 0.4) is 0 Å². The summed E-state index contributed by atoms with van der Waals surface area (Å²) in [4.78, 5) is 0. The molecule has 1 N–H and O–H groups in total. The van der Waals surface area contributed by atoms with Crippen LogP contribution in [0.25, 0.3) is 0 Å². The normalized spacial score (nSPS) is 12.2. The van der Waals surface area contributed by atoms with Gasteiger partial charge in [0.2, 0.25) is 0 Å². The first kappa shape index (κ1) is 19.2. The Hall–Kier alpha value is -1.84. The number of anilines is 1. The van der Waals surface area contributed by atoms with E-state index in [2.05, 4.69) is 11.3 Å². The molecule has 4 nitrogen and oxygen atoms in total. The second-order valence-corrected chi connectivity index (χ2v) is 5.19. The molecule has 0 spiro atoms. The molecule has 0 aromatic heterocycles. The largest absolute Gasteiger partial charge is 0.484 e. The summed E-state index contributed by atoms with van der Waals surface area (Å²) in [5, 5.41) is -5.72. The number of para-hydroxylation sites is 1. The second-order valence-electron chi connectivity index (χ2n) is 3.46. The van der Waals surface area contributed by atoms with E-state index >= 15 is 0 Å². The van der Waals surface area contributed by atoms with Crippen molar-refractivity contribution in [1.29, 1.82) is 0 Å². The zero-order valence-electron chi connectivity index (χ0n) is 9.62. The first-order valence-corrected chi connectivity index (χ1v) is 6.34. The fourth-order valence-electron chi connectivity index (χ4n) is 1.08. The number of hydrogen-bond donors (Lipinski definition) is 1. The molecule has 1 rings (SSSR count). The maximum absolute atomic E-state index is 13.3. The van der Waals surface area contributed by atoms with Crippen molar-refractivity contribution in [3.8, 4) is 0 Å². The maximum atomic E-state index is 13.3. The van der Waals surface area contributed by atoms with Crippen LogP contribution in [0.2, 0.25) is 0 Å². The van der Waals surface area contributed by atoms with Crippen LogP contribution in [0.15, 0.2) is 42.9 Å². The fourth-order valence-corrected chi connectivity index (χ4v) is 2.01. The molecule has 0 saturated heterocycles. The molecule has 1 aromatic carbocycles. The highest BCUT2D eigenvalue weighted by atomic mass is 32.2. The molecule has 0 bridgehead atoms. The standard InChI is InChI=1S/C10H8F5NO3S.CH4/c1-7(11)19-9(12,13)10(14,15)20(17,18)16-8-5-3-2-4-6-8;/h2-6,16H,1H2;1H4. The Bertz CT molecular complexity index is 589. The van der Waals surface area contributed by atoms with Gasteiger partial charge in [-0.15, -0.1) is 0 Å². The number of nitrogens with one attached hydrogen (secondary N) is 1. The van der Waals surface area contributed by atoms with Crippen molar-refractivity contribution in [2.45, 2.75) is 18.8 Å². The van der Waals surface area contributed by atoms with Gasteiger partial charge >= 0.3 is 21.4 Å². The zero-order chi connectivity index (χ0) is 15.6. The lowest BCUT2D eigenvalue weighted by atomic mass is 10.3. The zero-order valence-corrected chi connectivity index (χ0v) is 10.4. The van der Waals surface area contributed by atoms with Gasteiger partial charge in [0.1, 0.15) is 0 Å². The van der Waals surface area contributed by atoms with Gasteiger partial charge in [0.15, 0.2) is 0 Å². The minimum absolute atomic E-state index is 0. The topological polar surface area (TPSA) is 55.4 Å². The Kier molecular flexibility index (Phi) is 5.74. The van der Waals surface area contributed by atoms with E-state index in [4.69, 9.17) is 0 Å². The Morgan fingerprint density at radius 2 is 1.62 bits per heavy atom. The molecule has 0 aliphatic heterocycles. The Labute approximate surface area is 118 Å². The lowest BCUT2D eigenvalue weighted by Gasteiger charge is -2.25. The number of benzene rings is 1. The third kappa shape index (κ3) is 4.06. The van der Waals surface area contributed by atoms with Gasteiger partial charge in [-0.05, 0) is 18.7 Å². The molecule has 0 fully saturated rings. The summed E-state index contributed by atoms with van der Waals surface area (Å²) in [6, 6.07) is 3.88. The molecule has 0 atom stereocenters. The minimum Gasteiger partial charge on any atom is -0.401 e. The molecule has 0 aliphatic rings. The van der Waals surface area contributed by atoms with Crippen LogP contribution in [-0.4, -0.2) is 19.8 Å². The first-order valence-electron chi connectivity index (χ1n) is 4.86. The van der Waals surface area contributed by atoms with Crippen LogP contribution in [0.1, 0.15) is 7.43 Å². The van der Waals surface area contributed by atoms with Crippen LogP contribution in [0.5, 0.6) is 0 Å². The molecule has 0 saturated carbocycles. The minimum atomic E-state index is -5.88. The SMILES string of the molecule is C.C=C(F)OC(F)(F)C(F)(F)S(=O)(=O)Nc1ccccc1. The fraction of sp³-hybridized carbons (Fsp3) is 0.273. The average molecular weight is 333 g/mol. The predicted octanol–water partition coefficient (Wildman–Crippen LogP) is 3.71. The highest BCUT2D eigenvalue weighted by Crippen LogP contribution is 2.41. The molecule has 0 radical (unpaired) electrons. The van der Waals surface area contributed by atoms with Crippen LogP contribution >= 0.6 is 0 Å². The Balaban J connectivity index is 0.00000400. The first-order chi connectivity index (χ1) is 8.99. The summed E-state index contributed by atoms with van der Waals surface area (Å²) < 4.78 is 91.3. The van der Waals surface area contributed by atoms with Crippen LogP contribution in [0.4, 0.5) is 27.6 Å². The quantitative estimate of drug-likeness (QED) is 0.638. The van der Waals surface area contributed by atoms with Crippen molar-refractivity contribution in [2.75, 3.05) is 4.72 Å². The number of sulfonamides is 1. The summed E-state index contributed by atoms with van der Waals surface area (Å²) >= 11 is 0. The number of rotatable bonds is 6. The third-order valence-corrected chi connectivity index (χ3v) is 3.36. The number of halogens is 5. The third-order valence-electron chi connectivity index (χ3n) is 1.94. The van der Waals surface area contributed by atoms with Gasteiger partial charge in [-0.1, -0.05) is 25.6 Å². The summed E-state index contributed by atoms with van der Waals surface area (Å²) in [6.07, 6.45) is -5.63. The molecule has 0 heterocycles. The lowest BCUT2D eigenvalue weighted by molar-refractivity contribution is -0.306. The lowest BCUT2D eigenvalue weighted by Crippen LogP contribution is -2.50. The number of alkyl halides is 4. The van der Waals surface area contributed by atoms with Gasteiger partial charge in [-0.3, -0.25) is 4.72 Å². The highest BCUT2D eigenvalue weighted by Gasteiger charge is 2.69.